The molecule has 3 amide bonds. The van der Waals surface area contributed by atoms with Crippen LogP contribution < -0.4 is 10.6 Å². The van der Waals surface area contributed by atoms with E-state index in [0.717, 1.165) is 19.3 Å². The molecule has 0 radical (unpaired) electrons. The van der Waals surface area contributed by atoms with Gasteiger partial charge in [-0.2, -0.15) is 0 Å². The van der Waals surface area contributed by atoms with Gasteiger partial charge in [0, 0.05) is 51.2 Å². The minimum Gasteiger partial charge on any atom is -0.444 e. The van der Waals surface area contributed by atoms with E-state index in [2.05, 4.69) is 15.5 Å². The van der Waals surface area contributed by atoms with Gasteiger partial charge >= 0.3 is 12.1 Å². The molecule has 10 heteroatoms. The van der Waals surface area contributed by atoms with Crippen LogP contribution in [-0.2, 0) is 14.6 Å². The van der Waals surface area contributed by atoms with Crippen LogP contribution in [0.4, 0.5) is 15.3 Å². The van der Waals surface area contributed by atoms with Crippen molar-refractivity contribution < 1.29 is 22.7 Å². The number of piperazine rings is 1. The first-order valence-corrected chi connectivity index (χ1v) is 11.4. The Balaban J connectivity index is 1.68. The van der Waals surface area contributed by atoms with Crippen molar-refractivity contribution in [1.29, 1.82) is 0 Å². The summed E-state index contributed by atoms with van der Waals surface area (Å²) >= 11 is 0. The fraction of sp³-hybridized carbons (Fsp3) is 0.579. The van der Waals surface area contributed by atoms with E-state index in [1.807, 2.05) is 20.8 Å². The normalized spacial score (nSPS) is 15.7. The van der Waals surface area contributed by atoms with Crippen molar-refractivity contribution in [3.63, 3.8) is 0 Å². The molecule has 1 fully saturated rings. The third-order valence-electron chi connectivity index (χ3n) is 4.28. The zero-order valence-corrected chi connectivity index (χ0v) is 18.2. The molecule has 2 N–H and O–H groups in total. The fourth-order valence-corrected chi connectivity index (χ4v) is 3.40. The van der Waals surface area contributed by atoms with Crippen LogP contribution in [0, 0.1) is 0 Å². The van der Waals surface area contributed by atoms with Gasteiger partial charge in [-0.3, -0.25) is 4.90 Å². The maximum Gasteiger partial charge on any atom is 0.410 e. The molecule has 0 atom stereocenters. The Kier molecular flexibility index (Phi) is 7.48. The molecule has 162 valence electrons. The molecule has 1 aromatic carbocycles. The number of rotatable bonds is 5. The summed E-state index contributed by atoms with van der Waals surface area (Å²) in [6.07, 6.45) is 0.840. The van der Waals surface area contributed by atoms with Crippen molar-refractivity contribution >= 4 is 27.6 Å². The van der Waals surface area contributed by atoms with E-state index in [0.29, 0.717) is 31.9 Å². The van der Waals surface area contributed by atoms with Crippen LogP contribution in [0.25, 0.3) is 0 Å². The summed E-state index contributed by atoms with van der Waals surface area (Å²) in [4.78, 5) is 28.1. The van der Waals surface area contributed by atoms with E-state index in [4.69, 9.17) is 4.74 Å². The van der Waals surface area contributed by atoms with Gasteiger partial charge in [0.05, 0.1) is 4.90 Å². The lowest BCUT2D eigenvalue weighted by atomic mass is 10.2. The number of sulfone groups is 1. The summed E-state index contributed by atoms with van der Waals surface area (Å²) in [5.74, 6) is 0. The number of urea groups is 1. The number of carbonyl (C=O) groups is 2. The van der Waals surface area contributed by atoms with Crippen molar-refractivity contribution in [1.82, 2.24) is 15.1 Å². The number of benzene rings is 1. The summed E-state index contributed by atoms with van der Waals surface area (Å²) in [6, 6.07) is 5.64. The SMILES string of the molecule is CC(C)(C)OC(=O)N1CCN(CCNC(=O)Nc2ccc(S(C)(=O)=O)cc2)CC1. The molecule has 1 aliphatic rings. The predicted octanol–water partition coefficient (Wildman–Crippen LogP) is 1.76. The molecule has 0 aliphatic carbocycles. The first-order chi connectivity index (χ1) is 13.4. The number of nitrogens with one attached hydrogen (secondary N) is 2. The van der Waals surface area contributed by atoms with Crippen molar-refractivity contribution in [3.05, 3.63) is 24.3 Å². The second kappa shape index (κ2) is 9.45. The molecule has 29 heavy (non-hydrogen) atoms. The lowest BCUT2D eigenvalue weighted by Gasteiger charge is -2.35. The molecule has 0 spiro atoms. The largest absolute Gasteiger partial charge is 0.444 e. The highest BCUT2D eigenvalue weighted by Gasteiger charge is 2.25. The summed E-state index contributed by atoms with van der Waals surface area (Å²) in [6.45, 7) is 9.28. The van der Waals surface area contributed by atoms with E-state index in [-0.39, 0.29) is 17.0 Å². The van der Waals surface area contributed by atoms with Crippen LogP contribution in [0.15, 0.2) is 29.2 Å². The van der Waals surface area contributed by atoms with Crippen LogP contribution in [0.2, 0.25) is 0 Å². The Morgan fingerprint density at radius 3 is 2.17 bits per heavy atom. The standard InChI is InChI=1S/C19H30N4O5S/c1-19(2,3)28-18(25)23-13-11-22(12-14-23)10-9-20-17(24)21-15-5-7-16(8-6-15)29(4,26)27/h5-8H,9-14H2,1-4H3,(H2,20,21,24). The predicted molar refractivity (Wildman–Crippen MR) is 111 cm³/mol. The van der Waals surface area contributed by atoms with Crippen LogP contribution in [0.3, 0.4) is 0 Å². The van der Waals surface area contributed by atoms with Crippen LogP contribution >= 0.6 is 0 Å². The van der Waals surface area contributed by atoms with Gasteiger partial charge in [-0.05, 0) is 45.0 Å². The molecular weight excluding hydrogens is 396 g/mol. The van der Waals surface area contributed by atoms with Crippen molar-refractivity contribution in [2.24, 2.45) is 0 Å². The summed E-state index contributed by atoms with van der Waals surface area (Å²) in [7, 11) is -3.26. The van der Waals surface area contributed by atoms with Crippen LogP contribution in [-0.4, -0.2) is 81.5 Å². The smallest absolute Gasteiger partial charge is 0.410 e. The van der Waals surface area contributed by atoms with Crippen molar-refractivity contribution in [3.8, 4) is 0 Å². The highest BCUT2D eigenvalue weighted by Crippen LogP contribution is 2.14. The van der Waals surface area contributed by atoms with Crippen LogP contribution in [0.1, 0.15) is 20.8 Å². The molecule has 1 aromatic rings. The number of hydrogen-bond acceptors (Lipinski definition) is 6. The quantitative estimate of drug-likeness (QED) is 0.743. The van der Waals surface area contributed by atoms with Gasteiger partial charge in [-0.25, -0.2) is 18.0 Å². The maximum atomic E-state index is 12.1. The molecule has 1 aliphatic heterocycles. The number of amides is 3. The third-order valence-corrected chi connectivity index (χ3v) is 5.41. The summed E-state index contributed by atoms with van der Waals surface area (Å²) in [5, 5.41) is 5.44. The Labute approximate surface area is 172 Å². The van der Waals surface area contributed by atoms with Gasteiger partial charge in [0.2, 0.25) is 0 Å². The first-order valence-electron chi connectivity index (χ1n) is 9.49. The second-order valence-electron chi connectivity index (χ2n) is 7.99. The van der Waals surface area contributed by atoms with E-state index in [9.17, 15) is 18.0 Å². The zero-order chi connectivity index (χ0) is 21.7. The molecular formula is C19H30N4O5S. The van der Waals surface area contributed by atoms with E-state index < -0.39 is 15.4 Å². The number of carbonyl (C=O) groups excluding carboxylic acids is 2. The maximum absolute atomic E-state index is 12.1. The van der Waals surface area contributed by atoms with Gasteiger partial charge in [-0.1, -0.05) is 0 Å². The lowest BCUT2D eigenvalue weighted by Crippen LogP contribution is -2.51. The number of anilines is 1. The van der Waals surface area contributed by atoms with Gasteiger partial charge in [0.1, 0.15) is 5.60 Å². The first kappa shape index (κ1) is 23.0. The van der Waals surface area contributed by atoms with Crippen molar-refractivity contribution in [2.45, 2.75) is 31.3 Å². The van der Waals surface area contributed by atoms with Crippen molar-refractivity contribution in [2.75, 3.05) is 50.8 Å². The minimum atomic E-state index is -3.26. The molecule has 0 unspecified atom stereocenters. The molecule has 2 rings (SSSR count). The van der Waals surface area contributed by atoms with E-state index in [1.165, 1.54) is 12.1 Å². The Morgan fingerprint density at radius 1 is 1.07 bits per heavy atom. The number of nitrogens with zero attached hydrogens (tertiary/aromatic N) is 2. The van der Waals surface area contributed by atoms with E-state index >= 15 is 0 Å². The van der Waals surface area contributed by atoms with Crippen LogP contribution in [0.5, 0.6) is 0 Å². The highest BCUT2D eigenvalue weighted by atomic mass is 32.2. The monoisotopic (exact) mass is 426 g/mol. The molecule has 0 saturated carbocycles. The topological polar surface area (TPSA) is 108 Å². The highest BCUT2D eigenvalue weighted by molar-refractivity contribution is 7.90. The zero-order valence-electron chi connectivity index (χ0n) is 17.4. The Bertz CT molecular complexity index is 810. The summed E-state index contributed by atoms with van der Waals surface area (Å²) < 4.78 is 28.3. The minimum absolute atomic E-state index is 0.203. The molecule has 1 saturated heterocycles. The fourth-order valence-electron chi connectivity index (χ4n) is 2.77. The molecule has 0 aromatic heterocycles. The average Bonchev–Trinajstić information content (AvgIpc) is 2.60. The van der Waals surface area contributed by atoms with Gasteiger partial charge < -0.3 is 20.3 Å². The molecule has 9 nitrogen and oxygen atoms in total. The third kappa shape index (κ3) is 7.90. The number of hydrogen-bond donors (Lipinski definition) is 2. The van der Waals surface area contributed by atoms with Gasteiger partial charge in [-0.15, -0.1) is 0 Å². The Morgan fingerprint density at radius 2 is 1.66 bits per heavy atom. The number of ether oxygens (including phenoxy) is 1. The Hall–Kier alpha value is -2.33. The lowest BCUT2D eigenvalue weighted by molar-refractivity contribution is 0.0147. The summed E-state index contributed by atoms with van der Waals surface area (Å²) in [5.41, 5.74) is 0.0113. The van der Waals surface area contributed by atoms with E-state index in [1.54, 1.807) is 17.0 Å². The van der Waals surface area contributed by atoms with Gasteiger partial charge in [0.15, 0.2) is 9.84 Å². The average molecular weight is 427 g/mol. The van der Waals surface area contributed by atoms with Gasteiger partial charge in [0.25, 0.3) is 0 Å². The molecule has 1 heterocycles. The second-order valence-corrected chi connectivity index (χ2v) is 10.0. The molecule has 0 bridgehead atoms.